The molecule has 3 N–H and O–H groups in total. The van der Waals surface area contributed by atoms with Crippen LogP contribution < -0.4 is 11.1 Å². The van der Waals surface area contributed by atoms with Crippen molar-refractivity contribution in [1.82, 2.24) is 5.32 Å². The predicted octanol–water partition coefficient (Wildman–Crippen LogP) is 0.936. The Kier molecular flexibility index (Phi) is 3.69. The molecule has 17 heavy (non-hydrogen) atoms. The Hall–Kier alpha value is -1.07. The zero-order chi connectivity index (χ0) is 12.3. The van der Waals surface area contributed by atoms with Crippen molar-refractivity contribution in [2.24, 2.45) is 0 Å². The van der Waals surface area contributed by atoms with Crippen LogP contribution in [0.4, 0.5) is 5.69 Å². The summed E-state index contributed by atoms with van der Waals surface area (Å²) < 4.78 is 23.2. The van der Waals surface area contributed by atoms with Crippen LogP contribution in [0.1, 0.15) is 18.4 Å². The summed E-state index contributed by atoms with van der Waals surface area (Å²) in [7, 11) is -2.85. The molecule has 4 nitrogen and oxygen atoms in total. The number of anilines is 1. The van der Waals surface area contributed by atoms with E-state index in [1.54, 1.807) is 0 Å². The molecular weight excluding hydrogens is 236 g/mol. The minimum absolute atomic E-state index is 0.215. The van der Waals surface area contributed by atoms with Gasteiger partial charge < -0.3 is 11.1 Å². The molecule has 0 aliphatic carbocycles. The highest BCUT2D eigenvalue weighted by Crippen LogP contribution is 2.19. The number of nitrogens with one attached hydrogen (secondary N) is 1. The molecule has 1 aromatic carbocycles. The number of nitrogen functional groups attached to an aromatic ring is 1. The number of rotatable bonds is 4. The molecular formula is C12H18N2O2S. The molecule has 5 heteroatoms. The molecule has 1 fully saturated rings. The monoisotopic (exact) mass is 254 g/mol. The first-order valence-electron chi connectivity index (χ1n) is 5.85. The molecule has 2 rings (SSSR count). The molecule has 1 saturated heterocycles. The lowest BCUT2D eigenvalue weighted by Crippen LogP contribution is -2.30. The van der Waals surface area contributed by atoms with Crippen LogP contribution in [0.15, 0.2) is 24.3 Å². The fourth-order valence-electron chi connectivity index (χ4n) is 2.15. The average molecular weight is 254 g/mol. The molecule has 1 aliphatic heterocycles. The van der Waals surface area contributed by atoms with Crippen LogP contribution in [0.25, 0.3) is 0 Å². The highest BCUT2D eigenvalue weighted by molar-refractivity contribution is 7.92. The second kappa shape index (κ2) is 5.06. The van der Waals surface area contributed by atoms with E-state index >= 15 is 0 Å². The highest BCUT2D eigenvalue weighted by Gasteiger charge is 2.30. The Morgan fingerprint density at radius 2 is 2.12 bits per heavy atom. The number of benzene rings is 1. The van der Waals surface area contributed by atoms with Gasteiger partial charge in [0.15, 0.2) is 9.84 Å². The SMILES string of the molecule is Nc1ccccc1CNCC1CCCS1(=O)=O. The van der Waals surface area contributed by atoms with Gasteiger partial charge in [-0.25, -0.2) is 8.42 Å². The Labute approximate surface area is 102 Å². The molecule has 1 aliphatic rings. The summed E-state index contributed by atoms with van der Waals surface area (Å²) in [6.45, 7) is 1.15. The molecule has 1 heterocycles. The lowest BCUT2D eigenvalue weighted by Gasteiger charge is -2.11. The normalized spacial score (nSPS) is 22.7. The maximum Gasteiger partial charge on any atom is 0.154 e. The van der Waals surface area contributed by atoms with Crippen LogP contribution in [0.2, 0.25) is 0 Å². The molecule has 0 amide bonds. The molecule has 0 spiro atoms. The third-order valence-electron chi connectivity index (χ3n) is 3.21. The van der Waals surface area contributed by atoms with Crippen molar-refractivity contribution in [3.05, 3.63) is 29.8 Å². The summed E-state index contributed by atoms with van der Waals surface area (Å²) in [6, 6.07) is 7.62. The Balaban J connectivity index is 1.86. The van der Waals surface area contributed by atoms with E-state index in [1.165, 1.54) is 0 Å². The smallest absolute Gasteiger partial charge is 0.154 e. The average Bonchev–Trinajstić information content (AvgIpc) is 2.61. The molecule has 0 radical (unpaired) electrons. The number of hydrogen-bond acceptors (Lipinski definition) is 4. The molecule has 0 bridgehead atoms. The van der Waals surface area contributed by atoms with E-state index in [0.29, 0.717) is 18.8 Å². The minimum atomic E-state index is -2.85. The van der Waals surface area contributed by atoms with Crippen molar-refractivity contribution in [2.45, 2.75) is 24.6 Å². The number of sulfone groups is 1. The first-order valence-corrected chi connectivity index (χ1v) is 7.57. The zero-order valence-corrected chi connectivity index (χ0v) is 10.5. The van der Waals surface area contributed by atoms with Gasteiger partial charge in [0.25, 0.3) is 0 Å². The van der Waals surface area contributed by atoms with E-state index < -0.39 is 9.84 Å². The van der Waals surface area contributed by atoms with Crippen LogP contribution in [0.5, 0.6) is 0 Å². The van der Waals surface area contributed by atoms with Gasteiger partial charge in [-0.15, -0.1) is 0 Å². The van der Waals surface area contributed by atoms with E-state index in [1.807, 2.05) is 24.3 Å². The van der Waals surface area contributed by atoms with Crippen molar-refractivity contribution in [3.8, 4) is 0 Å². The van der Waals surface area contributed by atoms with E-state index in [0.717, 1.165) is 24.1 Å². The first kappa shape index (κ1) is 12.4. The van der Waals surface area contributed by atoms with Crippen molar-refractivity contribution in [1.29, 1.82) is 0 Å². The number of para-hydroxylation sites is 1. The minimum Gasteiger partial charge on any atom is -0.398 e. The molecule has 1 aromatic rings. The zero-order valence-electron chi connectivity index (χ0n) is 9.72. The summed E-state index contributed by atoms with van der Waals surface area (Å²) in [6.07, 6.45) is 1.57. The maximum atomic E-state index is 11.6. The van der Waals surface area contributed by atoms with Gasteiger partial charge >= 0.3 is 0 Å². The highest BCUT2D eigenvalue weighted by atomic mass is 32.2. The molecule has 1 atom stereocenters. The number of hydrogen-bond donors (Lipinski definition) is 2. The maximum absolute atomic E-state index is 11.6. The predicted molar refractivity (Wildman–Crippen MR) is 69.4 cm³/mol. The summed E-state index contributed by atoms with van der Waals surface area (Å²) in [5.74, 6) is 0.340. The van der Waals surface area contributed by atoms with Crippen LogP contribution in [0.3, 0.4) is 0 Å². The molecule has 0 saturated carbocycles. The Morgan fingerprint density at radius 1 is 1.35 bits per heavy atom. The molecule has 0 aromatic heterocycles. The van der Waals surface area contributed by atoms with Crippen LogP contribution in [-0.2, 0) is 16.4 Å². The Bertz CT molecular complexity index is 485. The van der Waals surface area contributed by atoms with Gasteiger partial charge in [0.1, 0.15) is 0 Å². The summed E-state index contributed by atoms with van der Waals surface area (Å²) in [4.78, 5) is 0. The van der Waals surface area contributed by atoms with Gasteiger partial charge in [0.2, 0.25) is 0 Å². The van der Waals surface area contributed by atoms with Gasteiger partial charge in [-0.2, -0.15) is 0 Å². The summed E-state index contributed by atoms with van der Waals surface area (Å²) >= 11 is 0. The van der Waals surface area contributed by atoms with Crippen molar-refractivity contribution in [2.75, 3.05) is 18.0 Å². The first-order chi connectivity index (χ1) is 8.09. The van der Waals surface area contributed by atoms with Crippen LogP contribution in [0, 0.1) is 0 Å². The van der Waals surface area contributed by atoms with Crippen molar-refractivity contribution >= 4 is 15.5 Å². The lowest BCUT2D eigenvalue weighted by atomic mass is 10.2. The third-order valence-corrected chi connectivity index (χ3v) is 5.48. The topological polar surface area (TPSA) is 72.2 Å². The number of nitrogens with two attached hydrogens (primary N) is 1. The second-order valence-corrected chi connectivity index (χ2v) is 6.86. The van der Waals surface area contributed by atoms with Crippen LogP contribution in [-0.4, -0.2) is 26.0 Å². The molecule has 94 valence electrons. The second-order valence-electron chi connectivity index (χ2n) is 4.46. The third kappa shape index (κ3) is 2.98. The van der Waals surface area contributed by atoms with E-state index in [4.69, 9.17) is 5.73 Å². The Morgan fingerprint density at radius 3 is 2.76 bits per heavy atom. The standard InChI is InChI=1S/C12H18N2O2S/c13-12-6-2-1-4-10(12)8-14-9-11-5-3-7-17(11,15)16/h1-2,4,6,11,14H,3,5,7-9,13H2. The van der Waals surface area contributed by atoms with Gasteiger partial charge in [-0.05, 0) is 24.5 Å². The van der Waals surface area contributed by atoms with Gasteiger partial charge in [0, 0.05) is 18.8 Å². The van der Waals surface area contributed by atoms with Gasteiger partial charge in [0.05, 0.1) is 11.0 Å². The lowest BCUT2D eigenvalue weighted by molar-refractivity contribution is 0.574. The van der Waals surface area contributed by atoms with E-state index in [9.17, 15) is 8.42 Å². The summed E-state index contributed by atoms with van der Waals surface area (Å²) in [5, 5.41) is 2.97. The van der Waals surface area contributed by atoms with Gasteiger partial charge in [-0.1, -0.05) is 18.2 Å². The fraction of sp³-hybridized carbons (Fsp3) is 0.500. The van der Waals surface area contributed by atoms with E-state index in [2.05, 4.69) is 5.32 Å². The van der Waals surface area contributed by atoms with Gasteiger partial charge in [-0.3, -0.25) is 0 Å². The summed E-state index contributed by atoms with van der Waals surface area (Å²) in [5.41, 5.74) is 7.57. The quantitative estimate of drug-likeness (QED) is 0.784. The van der Waals surface area contributed by atoms with Crippen molar-refractivity contribution < 1.29 is 8.42 Å². The fourth-order valence-corrected chi connectivity index (χ4v) is 3.95. The van der Waals surface area contributed by atoms with E-state index in [-0.39, 0.29) is 5.25 Å². The van der Waals surface area contributed by atoms with Crippen molar-refractivity contribution in [3.63, 3.8) is 0 Å². The largest absolute Gasteiger partial charge is 0.398 e. The van der Waals surface area contributed by atoms with Crippen LogP contribution >= 0.6 is 0 Å². The molecule has 1 unspecified atom stereocenters.